The Morgan fingerprint density at radius 2 is 1.64 bits per heavy atom. The van der Waals surface area contributed by atoms with Crippen molar-refractivity contribution in [3.05, 3.63) is 0 Å². The van der Waals surface area contributed by atoms with Crippen LogP contribution in [-0.2, 0) is 0 Å². The maximum absolute atomic E-state index is 2.68. The summed E-state index contributed by atoms with van der Waals surface area (Å²) in [5.41, 5.74) is 0. The van der Waals surface area contributed by atoms with Crippen molar-refractivity contribution in [2.75, 3.05) is 13.1 Å². The van der Waals surface area contributed by atoms with E-state index in [4.69, 9.17) is 0 Å². The van der Waals surface area contributed by atoms with Gasteiger partial charge in [-0.25, -0.2) is 0 Å². The van der Waals surface area contributed by atoms with E-state index < -0.39 is 0 Å². The van der Waals surface area contributed by atoms with Crippen LogP contribution in [0, 0.1) is 17.8 Å². The van der Waals surface area contributed by atoms with E-state index in [1.165, 1.54) is 25.9 Å². The molecule has 0 amide bonds. The van der Waals surface area contributed by atoms with E-state index in [9.17, 15) is 0 Å². The summed E-state index contributed by atoms with van der Waals surface area (Å²) < 4.78 is 0. The van der Waals surface area contributed by atoms with Gasteiger partial charge in [0.1, 0.15) is 0 Å². The molecule has 2 unspecified atom stereocenters. The predicted octanol–water partition coefficient (Wildman–Crippen LogP) is 3.40. The molecule has 1 saturated heterocycles. The molecule has 0 aromatic heterocycles. The van der Waals surface area contributed by atoms with Gasteiger partial charge < -0.3 is 4.90 Å². The van der Waals surface area contributed by atoms with Crippen molar-refractivity contribution in [1.82, 2.24) is 4.90 Å². The lowest BCUT2D eigenvalue weighted by Gasteiger charge is -2.43. The Morgan fingerprint density at radius 3 is 2.00 bits per heavy atom. The molecular weight excluding hydrogens is 170 g/mol. The van der Waals surface area contributed by atoms with Crippen LogP contribution in [0.15, 0.2) is 0 Å². The first kappa shape index (κ1) is 12.0. The molecule has 0 spiro atoms. The Kier molecular flexibility index (Phi) is 4.43. The van der Waals surface area contributed by atoms with Crippen molar-refractivity contribution < 1.29 is 0 Å². The van der Waals surface area contributed by atoms with Gasteiger partial charge in [0, 0.05) is 19.1 Å². The van der Waals surface area contributed by atoms with Gasteiger partial charge in [-0.15, -0.1) is 0 Å². The highest BCUT2D eigenvalue weighted by Crippen LogP contribution is 2.31. The van der Waals surface area contributed by atoms with Crippen molar-refractivity contribution in [3.63, 3.8) is 0 Å². The van der Waals surface area contributed by atoms with Crippen molar-refractivity contribution >= 4 is 0 Å². The smallest absolute Gasteiger partial charge is 0.00645 e. The molecule has 0 aromatic rings. The minimum atomic E-state index is 0.776. The summed E-state index contributed by atoms with van der Waals surface area (Å²) in [4.78, 5) is 2.68. The molecule has 1 heteroatoms. The highest BCUT2D eigenvalue weighted by Gasteiger charge is 2.31. The zero-order chi connectivity index (χ0) is 10.7. The monoisotopic (exact) mass is 197 g/mol. The molecule has 1 heterocycles. The molecule has 1 fully saturated rings. The van der Waals surface area contributed by atoms with Crippen molar-refractivity contribution in [3.8, 4) is 0 Å². The summed E-state index contributed by atoms with van der Waals surface area (Å²) in [7, 11) is 0. The quantitative estimate of drug-likeness (QED) is 0.670. The van der Waals surface area contributed by atoms with Crippen LogP contribution in [0.2, 0.25) is 0 Å². The summed E-state index contributed by atoms with van der Waals surface area (Å²) in [6, 6.07) is 0.776. The zero-order valence-electron chi connectivity index (χ0n) is 10.6. The molecule has 14 heavy (non-hydrogen) atoms. The van der Waals surface area contributed by atoms with Gasteiger partial charge in [-0.3, -0.25) is 0 Å². The number of rotatable bonds is 3. The molecule has 4 atom stereocenters. The largest absolute Gasteiger partial charge is 0.300 e. The van der Waals surface area contributed by atoms with E-state index in [0.29, 0.717) is 0 Å². The Balaban J connectivity index is 2.55. The highest BCUT2D eigenvalue weighted by molar-refractivity contribution is 4.83. The summed E-state index contributed by atoms with van der Waals surface area (Å²) in [5, 5.41) is 0. The van der Waals surface area contributed by atoms with Gasteiger partial charge in [0.2, 0.25) is 0 Å². The fourth-order valence-electron chi connectivity index (χ4n) is 3.07. The number of nitrogens with zero attached hydrogens (tertiary/aromatic N) is 1. The molecule has 1 aliphatic rings. The van der Waals surface area contributed by atoms with Gasteiger partial charge in [-0.05, 0) is 31.1 Å². The van der Waals surface area contributed by atoms with Crippen LogP contribution in [0.4, 0.5) is 0 Å². The van der Waals surface area contributed by atoms with E-state index in [-0.39, 0.29) is 0 Å². The average Bonchev–Trinajstić information content (AvgIpc) is 2.16. The van der Waals surface area contributed by atoms with Gasteiger partial charge in [-0.2, -0.15) is 0 Å². The SMILES string of the molecule is CCC1[C@H](C)CN(C(C)CC)C[C@@H]1C. The first-order valence-electron chi connectivity index (χ1n) is 6.34. The summed E-state index contributed by atoms with van der Waals surface area (Å²) in [6.45, 7) is 14.5. The first-order valence-corrected chi connectivity index (χ1v) is 6.34. The summed E-state index contributed by atoms with van der Waals surface area (Å²) in [6.07, 6.45) is 2.65. The highest BCUT2D eigenvalue weighted by atomic mass is 15.2. The minimum absolute atomic E-state index is 0.776. The fourth-order valence-corrected chi connectivity index (χ4v) is 3.07. The van der Waals surface area contributed by atoms with E-state index >= 15 is 0 Å². The lowest BCUT2D eigenvalue weighted by Crippen LogP contribution is -2.47. The number of hydrogen-bond acceptors (Lipinski definition) is 1. The van der Waals surface area contributed by atoms with E-state index in [2.05, 4.69) is 39.5 Å². The van der Waals surface area contributed by atoms with E-state index in [1.807, 2.05) is 0 Å². The van der Waals surface area contributed by atoms with Crippen molar-refractivity contribution in [2.24, 2.45) is 17.8 Å². The third-order valence-electron chi connectivity index (χ3n) is 4.19. The van der Waals surface area contributed by atoms with Crippen LogP contribution in [0.5, 0.6) is 0 Å². The van der Waals surface area contributed by atoms with Gasteiger partial charge >= 0.3 is 0 Å². The Morgan fingerprint density at radius 1 is 1.14 bits per heavy atom. The second kappa shape index (κ2) is 5.16. The lowest BCUT2D eigenvalue weighted by atomic mass is 9.77. The molecule has 84 valence electrons. The van der Waals surface area contributed by atoms with Gasteiger partial charge in [0.15, 0.2) is 0 Å². The van der Waals surface area contributed by atoms with Gasteiger partial charge in [-0.1, -0.05) is 34.1 Å². The van der Waals surface area contributed by atoms with Gasteiger partial charge in [0.05, 0.1) is 0 Å². The third kappa shape index (κ3) is 2.50. The van der Waals surface area contributed by atoms with Crippen LogP contribution in [0.1, 0.15) is 47.5 Å². The second-order valence-corrected chi connectivity index (χ2v) is 5.24. The molecule has 0 radical (unpaired) electrons. The molecule has 0 saturated carbocycles. The normalized spacial score (nSPS) is 37.1. The van der Waals surface area contributed by atoms with Crippen LogP contribution in [-0.4, -0.2) is 24.0 Å². The standard InChI is InChI=1S/C13H27N/c1-6-12(5)14-8-10(3)13(7-2)11(4)9-14/h10-13H,6-9H2,1-5H3/t10-,11+,12?,13?. The van der Waals surface area contributed by atoms with Crippen LogP contribution < -0.4 is 0 Å². The third-order valence-corrected chi connectivity index (χ3v) is 4.19. The summed E-state index contributed by atoms with van der Waals surface area (Å²) in [5.74, 6) is 2.73. The number of hydrogen-bond donors (Lipinski definition) is 0. The molecule has 1 aliphatic heterocycles. The Hall–Kier alpha value is -0.0400. The average molecular weight is 197 g/mol. The topological polar surface area (TPSA) is 3.24 Å². The number of piperidine rings is 1. The van der Waals surface area contributed by atoms with Crippen molar-refractivity contribution in [1.29, 1.82) is 0 Å². The van der Waals surface area contributed by atoms with Crippen LogP contribution >= 0.6 is 0 Å². The fraction of sp³-hybridized carbons (Fsp3) is 1.00. The molecule has 0 aliphatic carbocycles. The molecule has 0 bridgehead atoms. The lowest BCUT2D eigenvalue weighted by molar-refractivity contribution is 0.0489. The maximum atomic E-state index is 2.68. The molecule has 1 nitrogen and oxygen atoms in total. The van der Waals surface area contributed by atoms with E-state index in [0.717, 1.165) is 23.8 Å². The van der Waals surface area contributed by atoms with Crippen LogP contribution in [0.3, 0.4) is 0 Å². The first-order chi connectivity index (χ1) is 6.60. The molecule has 0 N–H and O–H groups in total. The Labute approximate surface area is 89.9 Å². The molecular formula is C13H27N. The minimum Gasteiger partial charge on any atom is -0.300 e. The zero-order valence-corrected chi connectivity index (χ0v) is 10.6. The van der Waals surface area contributed by atoms with Crippen molar-refractivity contribution in [2.45, 2.75) is 53.5 Å². The van der Waals surface area contributed by atoms with Gasteiger partial charge in [0.25, 0.3) is 0 Å². The maximum Gasteiger partial charge on any atom is 0.00645 e. The summed E-state index contributed by atoms with van der Waals surface area (Å²) >= 11 is 0. The predicted molar refractivity (Wildman–Crippen MR) is 63.4 cm³/mol. The second-order valence-electron chi connectivity index (χ2n) is 5.24. The molecule has 0 aromatic carbocycles. The Bertz CT molecular complexity index is 155. The van der Waals surface area contributed by atoms with E-state index in [1.54, 1.807) is 0 Å². The van der Waals surface area contributed by atoms with Crippen LogP contribution in [0.25, 0.3) is 0 Å². The molecule has 1 rings (SSSR count). The number of likely N-dealkylation sites (tertiary alicyclic amines) is 1.